The van der Waals surface area contributed by atoms with E-state index in [1.54, 1.807) is 11.0 Å². The fourth-order valence-corrected chi connectivity index (χ4v) is 4.28. The summed E-state index contributed by atoms with van der Waals surface area (Å²) in [6, 6.07) is 14.0. The highest BCUT2D eigenvalue weighted by atomic mass is 16.3. The van der Waals surface area contributed by atoms with Crippen LogP contribution in [0, 0.1) is 6.92 Å². The molecule has 0 fully saturated rings. The standard InChI is InChI=1S/C28H39N3O/c1-3-4-5-6-7-8-9-10-11-12-14-19-25-20-23(2)21-27(28(25)32)31-29-22-26(30-31)24-17-15-13-16-18-24/h13,15-18,20-22,32H,3-12,14,19H2,1-2H3. The molecular formula is C28H39N3O. The Morgan fingerprint density at radius 2 is 1.44 bits per heavy atom. The average molecular weight is 434 g/mol. The van der Waals surface area contributed by atoms with Crippen LogP contribution in [-0.2, 0) is 6.42 Å². The Labute approximate surface area is 193 Å². The predicted octanol–water partition coefficient (Wildman–Crippen LogP) is 7.80. The Balaban J connectivity index is 1.48. The molecule has 0 saturated heterocycles. The van der Waals surface area contributed by atoms with Gasteiger partial charge in [-0.3, -0.25) is 0 Å². The number of aromatic hydroxyl groups is 1. The zero-order chi connectivity index (χ0) is 22.6. The Morgan fingerprint density at radius 1 is 0.812 bits per heavy atom. The van der Waals surface area contributed by atoms with Crippen LogP contribution in [0.1, 0.15) is 88.7 Å². The molecule has 0 atom stereocenters. The molecule has 1 heterocycles. The van der Waals surface area contributed by atoms with E-state index in [1.807, 2.05) is 36.4 Å². The molecule has 0 aliphatic carbocycles. The van der Waals surface area contributed by atoms with Crippen molar-refractivity contribution in [1.29, 1.82) is 0 Å². The molecule has 0 amide bonds. The maximum atomic E-state index is 10.9. The van der Waals surface area contributed by atoms with Gasteiger partial charge in [0, 0.05) is 5.56 Å². The van der Waals surface area contributed by atoms with Crippen LogP contribution in [0.25, 0.3) is 16.9 Å². The van der Waals surface area contributed by atoms with E-state index < -0.39 is 0 Å². The second kappa shape index (κ2) is 13.0. The normalized spacial score (nSPS) is 11.2. The largest absolute Gasteiger partial charge is 0.505 e. The van der Waals surface area contributed by atoms with Crippen molar-refractivity contribution in [3.63, 3.8) is 0 Å². The van der Waals surface area contributed by atoms with Gasteiger partial charge in [-0.05, 0) is 37.0 Å². The minimum atomic E-state index is 0.304. The molecule has 3 aromatic rings. The molecule has 172 valence electrons. The van der Waals surface area contributed by atoms with E-state index in [4.69, 9.17) is 0 Å². The maximum Gasteiger partial charge on any atom is 0.146 e. The number of aryl methyl sites for hydroxylation is 2. The molecule has 4 nitrogen and oxygen atoms in total. The smallest absolute Gasteiger partial charge is 0.146 e. The average Bonchev–Trinajstić information content (AvgIpc) is 3.30. The van der Waals surface area contributed by atoms with Crippen molar-refractivity contribution in [2.24, 2.45) is 0 Å². The molecule has 32 heavy (non-hydrogen) atoms. The molecular weight excluding hydrogens is 394 g/mol. The van der Waals surface area contributed by atoms with Crippen LogP contribution in [0.2, 0.25) is 0 Å². The third-order valence-corrected chi connectivity index (χ3v) is 6.14. The SMILES string of the molecule is CCCCCCCCCCCCCc1cc(C)cc(-n2ncc(-c3ccccc3)n2)c1O. The number of unbranched alkanes of at least 4 members (excludes halogenated alkanes) is 10. The fraction of sp³-hybridized carbons (Fsp3) is 0.500. The molecule has 0 unspecified atom stereocenters. The van der Waals surface area contributed by atoms with Gasteiger partial charge in [-0.25, -0.2) is 0 Å². The Kier molecular flexibility index (Phi) is 9.80. The number of hydrogen-bond acceptors (Lipinski definition) is 3. The van der Waals surface area contributed by atoms with E-state index in [0.717, 1.165) is 35.2 Å². The maximum absolute atomic E-state index is 10.9. The summed E-state index contributed by atoms with van der Waals surface area (Å²) in [4.78, 5) is 1.55. The van der Waals surface area contributed by atoms with Gasteiger partial charge in [0.15, 0.2) is 0 Å². The zero-order valence-corrected chi connectivity index (χ0v) is 19.9. The van der Waals surface area contributed by atoms with Crippen LogP contribution >= 0.6 is 0 Å². The highest BCUT2D eigenvalue weighted by molar-refractivity contribution is 5.58. The molecule has 0 radical (unpaired) electrons. The van der Waals surface area contributed by atoms with Crippen LogP contribution in [0.3, 0.4) is 0 Å². The summed E-state index contributed by atoms with van der Waals surface area (Å²) in [7, 11) is 0. The fourth-order valence-electron chi connectivity index (χ4n) is 4.28. The lowest BCUT2D eigenvalue weighted by atomic mass is 10.0. The van der Waals surface area contributed by atoms with Crippen LogP contribution in [0.4, 0.5) is 0 Å². The number of benzene rings is 2. The lowest BCUT2D eigenvalue weighted by molar-refractivity contribution is 0.458. The van der Waals surface area contributed by atoms with E-state index in [9.17, 15) is 5.11 Å². The van der Waals surface area contributed by atoms with Crippen molar-refractivity contribution in [3.05, 3.63) is 59.8 Å². The quantitative estimate of drug-likeness (QED) is 0.264. The monoisotopic (exact) mass is 433 g/mol. The topological polar surface area (TPSA) is 50.9 Å². The third-order valence-electron chi connectivity index (χ3n) is 6.14. The van der Waals surface area contributed by atoms with E-state index in [-0.39, 0.29) is 0 Å². The highest BCUT2D eigenvalue weighted by Crippen LogP contribution is 2.29. The Bertz CT molecular complexity index is 933. The summed E-state index contributed by atoms with van der Waals surface area (Å²) in [5.74, 6) is 0.304. The second-order valence-electron chi connectivity index (χ2n) is 8.96. The first kappa shape index (κ1) is 24.0. The Morgan fingerprint density at radius 3 is 2.09 bits per heavy atom. The van der Waals surface area contributed by atoms with E-state index in [2.05, 4.69) is 30.1 Å². The molecule has 4 heteroatoms. The first-order valence-electron chi connectivity index (χ1n) is 12.5. The number of nitrogens with zero attached hydrogens (tertiary/aromatic N) is 3. The Hall–Kier alpha value is -2.62. The molecule has 1 aromatic heterocycles. The summed E-state index contributed by atoms with van der Waals surface area (Å²) in [6.45, 7) is 4.34. The zero-order valence-electron chi connectivity index (χ0n) is 19.9. The number of phenolic OH excluding ortho intramolecular Hbond substituents is 1. The van der Waals surface area contributed by atoms with Crippen LogP contribution < -0.4 is 0 Å². The van der Waals surface area contributed by atoms with E-state index in [1.165, 1.54) is 64.2 Å². The molecule has 3 rings (SSSR count). The molecule has 0 aliphatic heterocycles. The number of phenols is 1. The van der Waals surface area contributed by atoms with Crippen molar-refractivity contribution in [2.45, 2.75) is 90.9 Å². The van der Waals surface area contributed by atoms with Gasteiger partial charge in [0.2, 0.25) is 0 Å². The third kappa shape index (κ3) is 7.22. The molecule has 0 aliphatic rings. The lowest BCUT2D eigenvalue weighted by Crippen LogP contribution is -2.02. The van der Waals surface area contributed by atoms with Gasteiger partial charge in [-0.1, -0.05) is 108 Å². The van der Waals surface area contributed by atoms with Gasteiger partial charge >= 0.3 is 0 Å². The van der Waals surface area contributed by atoms with Crippen LogP contribution in [-0.4, -0.2) is 20.1 Å². The van der Waals surface area contributed by atoms with Crippen molar-refractivity contribution >= 4 is 0 Å². The molecule has 0 saturated carbocycles. The summed E-state index contributed by atoms with van der Waals surface area (Å²) in [5, 5.41) is 19.9. The number of hydrogen-bond donors (Lipinski definition) is 1. The van der Waals surface area contributed by atoms with Gasteiger partial charge in [0.1, 0.15) is 17.1 Å². The van der Waals surface area contributed by atoms with Crippen molar-refractivity contribution in [2.75, 3.05) is 0 Å². The summed E-state index contributed by atoms with van der Waals surface area (Å²) < 4.78 is 0. The van der Waals surface area contributed by atoms with Crippen molar-refractivity contribution in [1.82, 2.24) is 15.0 Å². The summed E-state index contributed by atoms with van der Waals surface area (Å²) >= 11 is 0. The van der Waals surface area contributed by atoms with Gasteiger partial charge in [0.05, 0.1) is 6.20 Å². The van der Waals surface area contributed by atoms with Gasteiger partial charge in [0.25, 0.3) is 0 Å². The molecule has 0 spiro atoms. The van der Waals surface area contributed by atoms with Crippen molar-refractivity contribution in [3.8, 4) is 22.7 Å². The second-order valence-corrected chi connectivity index (χ2v) is 8.96. The highest BCUT2D eigenvalue weighted by Gasteiger charge is 2.13. The summed E-state index contributed by atoms with van der Waals surface area (Å²) in [5.41, 5.74) is 4.60. The number of aromatic nitrogens is 3. The van der Waals surface area contributed by atoms with Gasteiger partial charge < -0.3 is 5.11 Å². The molecule has 0 bridgehead atoms. The van der Waals surface area contributed by atoms with E-state index in [0.29, 0.717) is 11.4 Å². The predicted molar refractivity (Wildman–Crippen MR) is 133 cm³/mol. The van der Waals surface area contributed by atoms with Gasteiger partial charge in [-0.15, -0.1) is 9.90 Å². The number of rotatable bonds is 14. The first-order chi connectivity index (χ1) is 15.7. The van der Waals surface area contributed by atoms with Crippen molar-refractivity contribution < 1.29 is 5.11 Å². The van der Waals surface area contributed by atoms with Crippen LogP contribution in [0.15, 0.2) is 48.7 Å². The molecule has 1 N–H and O–H groups in total. The van der Waals surface area contributed by atoms with Gasteiger partial charge in [-0.2, -0.15) is 5.10 Å². The minimum absolute atomic E-state index is 0.304. The first-order valence-corrected chi connectivity index (χ1v) is 12.5. The van der Waals surface area contributed by atoms with E-state index >= 15 is 0 Å². The summed E-state index contributed by atoms with van der Waals surface area (Å²) in [6.07, 6.45) is 17.2. The molecule has 2 aromatic carbocycles. The lowest BCUT2D eigenvalue weighted by Gasteiger charge is -2.11. The minimum Gasteiger partial charge on any atom is -0.505 e. The van der Waals surface area contributed by atoms with Crippen LogP contribution in [0.5, 0.6) is 5.75 Å².